The largest absolute Gasteiger partial charge is 0.494 e. The molecule has 0 atom stereocenters. The van der Waals surface area contributed by atoms with Crippen molar-refractivity contribution >= 4 is 49.9 Å². The highest BCUT2D eigenvalue weighted by Gasteiger charge is 2.08. The van der Waals surface area contributed by atoms with Crippen LogP contribution in [0.15, 0.2) is 40.9 Å². The summed E-state index contributed by atoms with van der Waals surface area (Å²) in [5.74, 6) is 1.83. The number of hydrogen-bond donors (Lipinski definition) is 2. The number of anilines is 2. The molecule has 0 aliphatic heterocycles. The minimum Gasteiger partial charge on any atom is -0.494 e. The first-order valence-corrected chi connectivity index (χ1v) is 8.34. The molecule has 4 N–H and O–H groups in total. The van der Waals surface area contributed by atoms with E-state index in [1.807, 2.05) is 59.6 Å². The van der Waals surface area contributed by atoms with Crippen LogP contribution in [0.25, 0.3) is 22.1 Å². The van der Waals surface area contributed by atoms with Gasteiger partial charge in [0, 0.05) is 18.6 Å². The Kier molecular flexibility index (Phi) is 4.54. The highest BCUT2D eigenvalue weighted by atomic mass is 79.9. The molecular formula is C17H19BrN6O. The van der Waals surface area contributed by atoms with E-state index in [4.69, 9.17) is 16.2 Å². The highest BCUT2D eigenvalue weighted by molar-refractivity contribution is 9.10. The minimum absolute atomic E-state index is 0.500. The van der Waals surface area contributed by atoms with Crippen molar-refractivity contribution in [2.75, 3.05) is 18.6 Å². The molecule has 2 aromatic carbocycles. The van der Waals surface area contributed by atoms with Gasteiger partial charge in [0.2, 0.25) is 11.9 Å². The molecule has 0 saturated carbocycles. The molecule has 8 heteroatoms. The van der Waals surface area contributed by atoms with Crippen molar-refractivity contribution < 1.29 is 4.74 Å². The number of rotatable bonds is 1. The molecule has 0 unspecified atom stereocenters. The molecule has 4 aromatic rings. The quantitative estimate of drug-likeness (QED) is 0.509. The van der Waals surface area contributed by atoms with Gasteiger partial charge in [0.1, 0.15) is 11.3 Å². The number of aromatic nitrogens is 4. The summed E-state index contributed by atoms with van der Waals surface area (Å²) in [7, 11) is 5.40. The van der Waals surface area contributed by atoms with Gasteiger partial charge in [0.05, 0.1) is 23.7 Å². The molecule has 0 saturated heterocycles. The van der Waals surface area contributed by atoms with Crippen molar-refractivity contribution in [2.45, 2.75) is 0 Å². The fourth-order valence-electron chi connectivity index (χ4n) is 2.65. The molecule has 4 rings (SSSR count). The molecule has 2 aromatic heterocycles. The average molecular weight is 403 g/mol. The van der Waals surface area contributed by atoms with Crippen LogP contribution in [-0.4, -0.2) is 26.2 Å². The number of halogens is 1. The zero-order chi connectivity index (χ0) is 18.1. The van der Waals surface area contributed by atoms with E-state index in [1.165, 1.54) is 0 Å². The van der Waals surface area contributed by atoms with E-state index in [9.17, 15) is 0 Å². The number of benzene rings is 2. The molecule has 7 nitrogen and oxygen atoms in total. The van der Waals surface area contributed by atoms with Gasteiger partial charge in [-0.3, -0.25) is 0 Å². The predicted molar refractivity (Wildman–Crippen MR) is 105 cm³/mol. The Labute approximate surface area is 153 Å². The maximum atomic E-state index is 5.67. The van der Waals surface area contributed by atoms with Gasteiger partial charge >= 0.3 is 0 Å². The standard InChI is InChI=1S/C9H11N3O.C8H8BrN3/c1-12-8-6(11-9(12)10)4-3-5-7(8)13-2;1-12-7-5(9)3-2-4-6(7)11-8(12)10/h3-5H,1-2H3,(H2,10,11);2-4H,1H3,(H2,10,11). The number of nitrogens with zero attached hydrogens (tertiary/aromatic N) is 4. The normalized spacial score (nSPS) is 10.7. The first-order valence-electron chi connectivity index (χ1n) is 7.55. The highest BCUT2D eigenvalue weighted by Crippen LogP contribution is 2.26. The lowest BCUT2D eigenvalue weighted by Gasteiger charge is -2.02. The fourth-order valence-corrected chi connectivity index (χ4v) is 3.28. The van der Waals surface area contributed by atoms with E-state index < -0.39 is 0 Å². The van der Waals surface area contributed by atoms with Crippen LogP contribution in [0.1, 0.15) is 0 Å². The van der Waals surface area contributed by atoms with Gasteiger partial charge in [-0.2, -0.15) is 0 Å². The third kappa shape index (κ3) is 3.00. The smallest absolute Gasteiger partial charge is 0.201 e. The number of imidazole rings is 2. The molecule has 0 aliphatic carbocycles. The van der Waals surface area contributed by atoms with E-state index in [-0.39, 0.29) is 0 Å². The Morgan fingerprint density at radius 1 is 0.880 bits per heavy atom. The van der Waals surface area contributed by atoms with E-state index in [2.05, 4.69) is 25.9 Å². The Bertz CT molecular complexity index is 1050. The van der Waals surface area contributed by atoms with Crippen LogP contribution in [-0.2, 0) is 14.1 Å². The number of aryl methyl sites for hydroxylation is 2. The molecule has 0 aliphatic rings. The van der Waals surface area contributed by atoms with Crippen LogP contribution in [0, 0.1) is 0 Å². The Hall–Kier alpha value is -2.74. The predicted octanol–water partition coefficient (Wildman–Crippen LogP) is 3.08. The molecule has 0 spiro atoms. The molecule has 2 heterocycles. The van der Waals surface area contributed by atoms with Crippen molar-refractivity contribution in [1.29, 1.82) is 0 Å². The number of methoxy groups -OCH3 is 1. The summed E-state index contributed by atoms with van der Waals surface area (Å²) in [4.78, 5) is 8.37. The van der Waals surface area contributed by atoms with Crippen molar-refractivity contribution in [3.63, 3.8) is 0 Å². The molecular weight excluding hydrogens is 384 g/mol. The zero-order valence-corrected chi connectivity index (χ0v) is 15.8. The molecule has 0 radical (unpaired) electrons. The fraction of sp³-hybridized carbons (Fsp3) is 0.176. The summed E-state index contributed by atoms with van der Waals surface area (Å²) in [5.41, 5.74) is 15.1. The first-order chi connectivity index (χ1) is 11.9. The van der Waals surface area contributed by atoms with Crippen LogP contribution in [0.5, 0.6) is 5.75 Å². The lowest BCUT2D eigenvalue weighted by Crippen LogP contribution is -1.97. The van der Waals surface area contributed by atoms with Crippen molar-refractivity contribution in [3.05, 3.63) is 40.9 Å². The monoisotopic (exact) mass is 402 g/mol. The summed E-state index contributed by atoms with van der Waals surface area (Å²) >= 11 is 3.44. The number of hydrogen-bond acceptors (Lipinski definition) is 5. The summed E-state index contributed by atoms with van der Waals surface area (Å²) in [5, 5.41) is 0. The summed E-state index contributed by atoms with van der Waals surface area (Å²) in [6, 6.07) is 11.6. The van der Waals surface area contributed by atoms with Crippen molar-refractivity contribution in [2.24, 2.45) is 14.1 Å². The van der Waals surface area contributed by atoms with E-state index in [0.29, 0.717) is 11.9 Å². The first kappa shape index (κ1) is 17.1. The SMILES string of the molecule is COc1cccc2nc(N)n(C)c12.Cn1c(N)nc2cccc(Br)c21. The summed E-state index contributed by atoms with van der Waals surface area (Å²) < 4.78 is 9.90. The number of ether oxygens (including phenoxy) is 1. The van der Waals surface area contributed by atoms with Gasteiger partial charge in [-0.25, -0.2) is 9.97 Å². The second kappa shape index (κ2) is 6.64. The van der Waals surface area contributed by atoms with Gasteiger partial charge in [-0.1, -0.05) is 12.1 Å². The van der Waals surface area contributed by atoms with Crippen LogP contribution in [0.4, 0.5) is 11.9 Å². The Morgan fingerprint density at radius 3 is 1.96 bits per heavy atom. The van der Waals surface area contributed by atoms with Gasteiger partial charge < -0.3 is 25.3 Å². The second-order valence-corrected chi connectivity index (χ2v) is 6.35. The molecule has 0 fully saturated rings. The van der Waals surface area contributed by atoms with Crippen molar-refractivity contribution in [3.8, 4) is 5.75 Å². The van der Waals surface area contributed by atoms with Crippen LogP contribution >= 0.6 is 15.9 Å². The van der Waals surface area contributed by atoms with Crippen LogP contribution in [0.2, 0.25) is 0 Å². The van der Waals surface area contributed by atoms with Gasteiger partial charge in [0.15, 0.2) is 0 Å². The summed E-state index contributed by atoms with van der Waals surface area (Å²) in [6.45, 7) is 0. The minimum atomic E-state index is 0.500. The molecule has 130 valence electrons. The number of para-hydroxylation sites is 2. The third-order valence-corrected chi connectivity index (χ3v) is 4.63. The lowest BCUT2D eigenvalue weighted by atomic mass is 10.3. The molecule has 25 heavy (non-hydrogen) atoms. The van der Waals surface area contributed by atoms with E-state index in [1.54, 1.807) is 7.11 Å². The van der Waals surface area contributed by atoms with Crippen molar-refractivity contribution in [1.82, 2.24) is 19.1 Å². The van der Waals surface area contributed by atoms with E-state index in [0.717, 1.165) is 32.3 Å². The third-order valence-electron chi connectivity index (χ3n) is 3.99. The Morgan fingerprint density at radius 2 is 1.40 bits per heavy atom. The van der Waals surface area contributed by atoms with E-state index >= 15 is 0 Å². The number of nitrogens with two attached hydrogens (primary N) is 2. The van der Waals surface area contributed by atoms with Gasteiger partial charge in [0.25, 0.3) is 0 Å². The summed E-state index contributed by atoms with van der Waals surface area (Å²) in [6.07, 6.45) is 0. The molecule has 0 bridgehead atoms. The topological polar surface area (TPSA) is 96.9 Å². The Balaban J connectivity index is 0.000000146. The lowest BCUT2D eigenvalue weighted by molar-refractivity contribution is 0.418. The van der Waals surface area contributed by atoms with Gasteiger partial charge in [-0.05, 0) is 40.2 Å². The zero-order valence-electron chi connectivity index (χ0n) is 14.2. The maximum absolute atomic E-state index is 5.67. The average Bonchev–Trinajstić information content (AvgIpc) is 3.05. The second-order valence-electron chi connectivity index (χ2n) is 5.49. The number of fused-ring (bicyclic) bond motifs is 2. The van der Waals surface area contributed by atoms with Crippen LogP contribution < -0.4 is 16.2 Å². The molecule has 0 amide bonds. The van der Waals surface area contributed by atoms with Crippen LogP contribution in [0.3, 0.4) is 0 Å². The van der Waals surface area contributed by atoms with Gasteiger partial charge in [-0.15, -0.1) is 0 Å². The number of nitrogen functional groups attached to an aromatic ring is 2. The maximum Gasteiger partial charge on any atom is 0.201 e.